The summed E-state index contributed by atoms with van der Waals surface area (Å²) in [6, 6.07) is 1.70. The second-order valence-corrected chi connectivity index (χ2v) is 6.83. The van der Waals surface area contributed by atoms with Gasteiger partial charge >= 0.3 is 6.03 Å². The maximum Gasteiger partial charge on any atom is 0.327 e. The topological polar surface area (TPSA) is 71.8 Å². The zero-order valence-electron chi connectivity index (χ0n) is 15.1. The van der Waals surface area contributed by atoms with Gasteiger partial charge in [0.25, 0.3) is 5.91 Å². The van der Waals surface area contributed by atoms with Gasteiger partial charge in [0.05, 0.1) is 6.54 Å². The van der Waals surface area contributed by atoms with E-state index in [0.717, 1.165) is 42.1 Å². The lowest BCUT2D eigenvalue weighted by molar-refractivity contribution is -0.125. The Morgan fingerprint density at radius 2 is 2.00 bits per heavy atom. The molecule has 1 aliphatic heterocycles. The molecule has 0 radical (unpaired) electrons. The quantitative estimate of drug-likeness (QED) is 0.408. The van der Waals surface area contributed by atoms with Crippen molar-refractivity contribution in [2.45, 2.75) is 45.7 Å². The third-order valence-electron chi connectivity index (χ3n) is 4.98. The average molecular weight is 347 g/mol. The van der Waals surface area contributed by atoms with Crippen molar-refractivity contribution in [3.05, 3.63) is 23.0 Å². The van der Waals surface area contributed by atoms with E-state index >= 15 is 0 Å². The van der Waals surface area contributed by atoms with Crippen molar-refractivity contribution >= 4 is 17.7 Å². The highest BCUT2D eigenvalue weighted by molar-refractivity contribution is 6.08. The summed E-state index contributed by atoms with van der Waals surface area (Å²) in [7, 11) is 1.67. The van der Waals surface area contributed by atoms with Gasteiger partial charge in [-0.25, -0.2) is 4.79 Å². The highest BCUT2D eigenvalue weighted by atomic mass is 16.5. The highest BCUT2D eigenvalue weighted by Gasteiger charge is 2.44. The Balaban J connectivity index is 1.70. The Morgan fingerprint density at radius 3 is 2.64 bits per heavy atom. The number of amides is 3. The number of carbonyl (C=O) groups excluding carboxylic acids is 3. The van der Waals surface area contributed by atoms with E-state index in [9.17, 15) is 14.4 Å². The summed E-state index contributed by atoms with van der Waals surface area (Å²) in [5, 5.41) is 0. The zero-order valence-corrected chi connectivity index (χ0v) is 15.1. The van der Waals surface area contributed by atoms with Crippen molar-refractivity contribution in [1.82, 2.24) is 14.4 Å². The molecule has 3 rings (SSSR count). The standard InChI is InChI=1S/C18H25N3O4/c1-12-9-15(13(2)19(12)7-4-8-25-3)16(22)10-21-17(23)11-20(18(21)24)14-5-6-14/h9,14H,4-8,10-11H2,1-3H3. The number of hydrogen-bond acceptors (Lipinski definition) is 4. The van der Waals surface area contributed by atoms with Crippen molar-refractivity contribution in [3.63, 3.8) is 0 Å². The lowest BCUT2D eigenvalue weighted by Gasteiger charge is -2.16. The minimum atomic E-state index is -0.324. The summed E-state index contributed by atoms with van der Waals surface area (Å²) < 4.78 is 7.16. The van der Waals surface area contributed by atoms with E-state index in [1.807, 2.05) is 19.9 Å². The van der Waals surface area contributed by atoms with Crippen LogP contribution in [-0.4, -0.2) is 64.9 Å². The minimum absolute atomic E-state index is 0.104. The molecule has 0 aromatic carbocycles. The fourth-order valence-electron chi connectivity index (χ4n) is 3.41. The van der Waals surface area contributed by atoms with Gasteiger partial charge in [-0.2, -0.15) is 0 Å². The lowest BCUT2D eigenvalue weighted by atomic mass is 10.1. The van der Waals surface area contributed by atoms with Crippen LogP contribution in [0.2, 0.25) is 0 Å². The van der Waals surface area contributed by atoms with Crippen LogP contribution in [0.25, 0.3) is 0 Å². The molecule has 2 heterocycles. The van der Waals surface area contributed by atoms with E-state index in [0.29, 0.717) is 12.2 Å². The van der Waals surface area contributed by atoms with Gasteiger partial charge in [-0.1, -0.05) is 0 Å². The molecule has 25 heavy (non-hydrogen) atoms. The number of rotatable bonds is 8. The number of carbonyl (C=O) groups is 3. The third kappa shape index (κ3) is 3.46. The molecule has 2 aliphatic rings. The molecular weight excluding hydrogens is 322 g/mol. The van der Waals surface area contributed by atoms with E-state index in [2.05, 4.69) is 4.57 Å². The van der Waals surface area contributed by atoms with Crippen molar-refractivity contribution in [2.75, 3.05) is 26.8 Å². The molecule has 2 fully saturated rings. The SMILES string of the molecule is COCCCn1c(C)cc(C(=O)CN2C(=O)CN(C3CC3)C2=O)c1C. The molecule has 0 atom stereocenters. The second kappa shape index (κ2) is 7.00. The number of methoxy groups -OCH3 is 1. The van der Waals surface area contributed by atoms with Crippen LogP contribution in [0.5, 0.6) is 0 Å². The van der Waals surface area contributed by atoms with Crippen LogP contribution >= 0.6 is 0 Å². The molecule has 0 bridgehead atoms. The first-order chi connectivity index (χ1) is 11.9. The first-order valence-electron chi connectivity index (χ1n) is 8.74. The number of aromatic nitrogens is 1. The summed E-state index contributed by atoms with van der Waals surface area (Å²) in [5.74, 6) is -0.468. The minimum Gasteiger partial charge on any atom is -0.385 e. The van der Waals surface area contributed by atoms with Crippen molar-refractivity contribution in [1.29, 1.82) is 0 Å². The van der Waals surface area contributed by atoms with Crippen molar-refractivity contribution in [2.24, 2.45) is 0 Å². The van der Waals surface area contributed by atoms with Crippen LogP contribution in [-0.2, 0) is 16.1 Å². The Bertz CT molecular complexity index is 705. The Labute approximate surface area is 147 Å². The van der Waals surface area contributed by atoms with Gasteiger partial charge in [-0.3, -0.25) is 14.5 Å². The van der Waals surface area contributed by atoms with Crippen LogP contribution in [0.15, 0.2) is 6.07 Å². The predicted octanol–water partition coefficient (Wildman–Crippen LogP) is 1.75. The van der Waals surface area contributed by atoms with Gasteiger partial charge in [-0.05, 0) is 39.2 Å². The summed E-state index contributed by atoms with van der Waals surface area (Å²) in [6.45, 7) is 5.22. The lowest BCUT2D eigenvalue weighted by Crippen LogP contribution is -2.37. The van der Waals surface area contributed by atoms with Crippen LogP contribution in [0.1, 0.15) is 41.0 Å². The van der Waals surface area contributed by atoms with E-state index in [1.54, 1.807) is 12.0 Å². The van der Waals surface area contributed by atoms with Crippen molar-refractivity contribution in [3.8, 4) is 0 Å². The fourth-order valence-corrected chi connectivity index (χ4v) is 3.41. The molecule has 1 aromatic heterocycles. The van der Waals surface area contributed by atoms with Crippen LogP contribution in [0.4, 0.5) is 4.79 Å². The van der Waals surface area contributed by atoms with Crippen molar-refractivity contribution < 1.29 is 19.1 Å². The molecule has 0 spiro atoms. The van der Waals surface area contributed by atoms with E-state index in [4.69, 9.17) is 4.74 Å². The monoisotopic (exact) mass is 347 g/mol. The van der Waals surface area contributed by atoms with E-state index in [1.165, 1.54) is 0 Å². The molecule has 1 aromatic rings. The zero-order chi connectivity index (χ0) is 18.1. The molecule has 7 nitrogen and oxygen atoms in total. The molecule has 0 unspecified atom stereocenters. The van der Waals surface area contributed by atoms with Gasteiger partial charge in [-0.15, -0.1) is 0 Å². The molecule has 1 saturated carbocycles. The van der Waals surface area contributed by atoms with E-state index in [-0.39, 0.29) is 36.9 Å². The van der Waals surface area contributed by atoms with Crippen LogP contribution < -0.4 is 0 Å². The highest BCUT2D eigenvalue weighted by Crippen LogP contribution is 2.30. The Kier molecular flexibility index (Phi) is 4.94. The smallest absolute Gasteiger partial charge is 0.327 e. The fraction of sp³-hybridized carbons (Fsp3) is 0.611. The summed E-state index contributed by atoms with van der Waals surface area (Å²) in [5.41, 5.74) is 2.45. The van der Waals surface area contributed by atoms with Crippen LogP contribution in [0, 0.1) is 13.8 Å². The van der Waals surface area contributed by atoms with Gasteiger partial charge in [0, 0.05) is 43.3 Å². The van der Waals surface area contributed by atoms with Gasteiger partial charge < -0.3 is 14.2 Å². The predicted molar refractivity (Wildman–Crippen MR) is 91.6 cm³/mol. The maximum atomic E-state index is 12.7. The number of hydrogen-bond donors (Lipinski definition) is 0. The number of imide groups is 1. The number of urea groups is 1. The Hall–Kier alpha value is -2.15. The molecule has 1 saturated heterocycles. The first kappa shape index (κ1) is 17.7. The second-order valence-electron chi connectivity index (χ2n) is 6.83. The third-order valence-corrected chi connectivity index (χ3v) is 4.98. The number of Topliss-reactive ketones (excluding diaryl/α,β-unsaturated/α-hetero) is 1. The number of nitrogens with zero attached hydrogens (tertiary/aromatic N) is 3. The van der Waals surface area contributed by atoms with Gasteiger partial charge in [0.2, 0.25) is 0 Å². The molecule has 7 heteroatoms. The van der Waals surface area contributed by atoms with Gasteiger partial charge in [0.1, 0.15) is 6.54 Å². The number of aryl methyl sites for hydroxylation is 1. The molecular formula is C18H25N3O4. The first-order valence-corrected chi connectivity index (χ1v) is 8.74. The van der Waals surface area contributed by atoms with E-state index < -0.39 is 0 Å². The molecule has 3 amide bonds. The molecule has 136 valence electrons. The molecule has 1 aliphatic carbocycles. The summed E-state index contributed by atoms with van der Waals surface area (Å²) in [6.07, 6.45) is 2.76. The maximum absolute atomic E-state index is 12.7. The van der Waals surface area contributed by atoms with Crippen LogP contribution in [0.3, 0.4) is 0 Å². The Morgan fingerprint density at radius 1 is 1.28 bits per heavy atom. The summed E-state index contributed by atoms with van der Waals surface area (Å²) in [4.78, 5) is 39.9. The number of ketones is 1. The normalized spacial score (nSPS) is 17.7. The largest absolute Gasteiger partial charge is 0.385 e. The summed E-state index contributed by atoms with van der Waals surface area (Å²) >= 11 is 0. The van der Waals surface area contributed by atoms with Gasteiger partial charge in [0.15, 0.2) is 5.78 Å². The number of ether oxygens (including phenoxy) is 1. The molecule has 0 N–H and O–H groups in total. The average Bonchev–Trinajstić information content (AvgIpc) is 3.33.